The number of carbonyl (C=O) groups is 1. The van der Waals surface area contributed by atoms with Gasteiger partial charge < -0.3 is 10.1 Å². The summed E-state index contributed by atoms with van der Waals surface area (Å²) in [5.41, 5.74) is 3.86. The van der Waals surface area contributed by atoms with Crippen LogP contribution < -0.4 is 10.1 Å². The summed E-state index contributed by atoms with van der Waals surface area (Å²) in [5, 5.41) is 12.0. The standard InChI is InChI=1S/C28H26N4O2/c1-34-25-13-11-21(12-14-25)27-17-26(23-10-9-20-6-2-3-7-22(20)16-23)31-32(27)28(33)19-29-18-24-8-4-5-15-30-24/h2-16,27,29H,17-19H2,1H3/t27-/m1/s1. The lowest BCUT2D eigenvalue weighted by molar-refractivity contribution is -0.132. The van der Waals surface area contributed by atoms with Gasteiger partial charge in [0.05, 0.1) is 31.1 Å². The molecule has 5 rings (SSSR count). The first-order valence-electron chi connectivity index (χ1n) is 11.3. The van der Waals surface area contributed by atoms with Gasteiger partial charge in [0.1, 0.15) is 5.75 Å². The molecule has 1 atom stereocenters. The summed E-state index contributed by atoms with van der Waals surface area (Å²) in [6.45, 7) is 0.701. The van der Waals surface area contributed by atoms with Crippen molar-refractivity contribution in [1.29, 1.82) is 0 Å². The van der Waals surface area contributed by atoms with E-state index in [0.717, 1.165) is 33.7 Å². The predicted molar refractivity (Wildman–Crippen MR) is 134 cm³/mol. The van der Waals surface area contributed by atoms with E-state index >= 15 is 0 Å². The average Bonchev–Trinajstić information content (AvgIpc) is 3.35. The Morgan fingerprint density at radius 3 is 2.56 bits per heavy atom. The summed E-state index contributed by atoms with van der Waals surface area (Å²) in [6.07, 6.45) is 2.40. The Kier molecular flexibility index (Phi) is 6.31. The molecular weight excluding hydrogens is 424 g/mol. The smallest absolute Gasteiger partial charge is 0.257 e. The van der Waals surface area contributed by atoms with Gasteiger partial charge >= 0.3 is 0 Å². The summed E-state index contributed by atoms with van der Waals surface area (Å²) in [6, 6.07) is 28.0. The SMILES string of the molecule is COc1ccc([C@H]2CC(c3ccc4ccccc4c3)=NN2C(=O)CNCc2ccccn2)cc1. The summed E-state index contributed by atoms with van der Waals surface area (Å²) < 4.78 is 5.31. The molecule has 4 aromatic rings. The maximum Gasteiger partial charge on any atom is 0.257 e. The number of fused-ring (bicyclic) bond motifs is 1. The van der Waals surface area contributed by atoms with E-state index in [-0.39, 0.29) is 18.5 Å². The molecule has 1 aromatic heterocycles. The molecule has 0 saturated heterocycles. The van der Waals surface area contributed by atoms with Crippen LogP contribution in [-0.4, -0.2) is 35.3 Å². The molecular formula is C28H26N4O2. The molecule has 0 spiro atoms. The first-order chi connectivity index (χ1) is 16.7. The van der Waals surface area contributed by atoms with Crippen molar-refractivity contribution >= 4 is 22.4 Å². The highest BCUT2D eigenvalue weighted by atomic mass is 16.5. The Balaban J connectivity index is 1.39. The second-order valence-corrected chi connectivity index (χ2v) is 8.26. The van der Waals surface area contributed by atoms with Gasteiger partial charge in [0.15, 0.2) is 0 Å². The molecule has 0 saturated carbocycles. The largest absolute Gasteiger partial charge is 0.497 e. The van der Waals surface area contributed by atoms with Gasteiger partial charge in [-0.1, -0.05) is 54.6 Å². The minimum absolute atomic E-state index is 0.0764. The lowest BCUT2D eigenvalue weighted by Crippen LogP contribution is -2.35. The summed E-state index contributed by atoms with van der Waals surface area (Å²) in [7, 11) is 1.65. The fourth-order valence-corrected chi connectivity index (χ4v) is 4.25. The third kappa shape index (κ3) is 4.67. The van der Waals surface area contributed by atoms with Gasteiger partial charge in [-0.05, 0) is 52.2 Å². The highest BCUT2D eigenvalue weighted by Crippen LogP contribution is 2.34. The molecule has 6 heteroatoms. The minimum atomic E-state index is -0.170. The van der Waals surface area contributed by atoms with Gasteiger partial charge in [-0.3, -0.25) is 9.78 Å². The number of pyridine rings is 1. The fourth-order valence-electron chi connectivity index (χ4n) is 4.25. The van der Waals surface area contributed by atoms with Crippen LogP contribution in [0.4, 0.5) is 0 Å². The lowest BCUT2D eigenvalue weighted by Gasteiger charge is -2.22. The molecule has 1 amide bonds. The van der Waals surface area contributed by atoms with Crippen molar-refractivity contribution < 1.29 is 9.53 Å². The van der Waals surface area contributed by atoms with Crippen LogP contribution in [0.3, 0.4) is 0 Å². The topological polar surface area (TPSA) is 66.8 Å². The van der Waals surface area contributed by atoms with Crippen molar-refractivity contribution in [1.82, 2.24) is 15.3 Å². The highest BCUT2D eigenvalue weighted by Gasteiger charge is 2.33. The van der Waals surface area contributed by atoms with Crippen LogP contribution in [0.2, 0.25) is 0 Å². The van der Waals surface area contributed by atoms with Crippen molar-refractivity contribution in [3.63, 3.8) is 0 Å². The molecule has 0 radical (unpaired) electrons. The molecule has 0 bridgehead atoms. The zero-order valence-corrected chi connectivity index (χ0v) is 19.0. The van der Waals surface area contributed by atoms with Crippen molar-refractivity contribution in [3.05, 3.63) is 108 Å². The summed E-state index contributed by atoms with van der Waals surface area (Å²) in [4.78, 5) is 17.5. The second-order valence-electron chi connectivity index (χ2n) is 8.26. The molecule has 34 heavy (non-hydrogen) atoms. The number of ether oxygens (including phenoxy) is 1. The monoisotopic (exact) mass is 450 g/mol. The normalized spacial score (nSPS) is 15.4. The van der Waals surface area contributed by atoms with Crippen LogP contribution in [0.5, 0.6) is 5.75 Å². The van der Waals surface area contributed by atoms with Crippen LogP contribution in [0.15, 0.2) is 96.2 Å². The van der Waals surface area contributed by atoms with Crippen LogP contribution in [-0.2, 0) is 11.3 Å². The van der Waals surface area contributed by atoms with Crippen molar-refractivity contribution in [2.75, 3.05) is 13.7 Å². The maximum atomic E-state index is 13.2. The summed E-state index contributed by atoms with van der Waals surface area (Å²) >= 11 is 0. The van der Waals surface area contributed by atoms with Gasteiger partial charge in [0.25, 0.3) is 5.91 Å². The van der Waals surface area contributed by atoms with Gasteiger partial charge in [-0.2, -0.15) is 5.10 Å². The lowest BCUT2D eigenvalue weighted by atomic mass is 9.97. The number of nitrogens with one attached hydrogen (secondary N) is 1. The van der Waals surface area contributed by atoms with Crippen molar-refractivity contribution in [2.24, 2.45) is 5.10 Å². The zero-order chi connectivity index (χ0) is 23.3. The number of rotatable bonds is 7. The van der Waals surface area contributed by atoms with Gasteiger partial charge in [-0.15, -0.1) is 0 Å². The average molecular weight is 451 g/mol. The molecule has 1 N–H and O–H groups in total. The second kappa shape index (κ2) is 9.85. The molecule has 1 aliphatic rings. The number of nitrogens with zero attached hydrogens (tertiary/aromatic N) is 3. The minimum Gasteiger partial charge on any atom is -0.497 e. The van der Waals surface area contributed by atoms with E-state index in [4.69, 9.17) is 9.84 Å². The van der Waals surface area contributed by atoms with E-state index in [0.29, 0.717) is 13.0 Å². The van der Waals surface area contributed by atoms with Crippen molar-refractivity contribution in [2.45, 2.75) is 19.0 Å². The van der Waals surface area contributed by atoms with Crippen LogP contribution in [0.25, 0.3) is 10.8 Å². The Morgan fingerprint density at radius 1 is 1.00 bits per heavy atom. The molecule has 1 aliphatic heterocycles. The zero-order valence-electron chi connectivity index (χ0n) is 19.0. The number of hydrogen-bond acceptors (Lipinski definition) is 5. The van der Waals surface area contributed by atoms with Crippen LogP contribution >= 0.6 is 0 Å². The van der Waals surface area contributed by atoms with Gasteiger partial charge in [-0.25, -0.2) is 5.01 Å². The number of hydrogen-bond donors (Lipinski definition) is 1. The van der Waals surface area contributed by atoms with Gasteiger partial charge in [0, 0.05) is 19.2 Å². The Morgan fingerprint density at radius 2 is 1.79 bits per heavy atom. The predicted octanol–water partition coefficient (Wildman–Crippen LogP) is 4.71. The van der Waals surface area contributed by atoms with Crippen molar-refractivity contribution in [3.8, 4) is 5.75 Å². The number of benzene rings is 3. The molecule has 170 valence electrons. The van der Waals surface area contributed by atoms with Crippen LogP contribution in [0, 0.1) is 0 Å². The Hall–Kier alpha value is -4.03. The molecule has 6 nitrogen and oxygen atoms in total. The van der Waals surface area contributed by atoms with Gasteiger partial charge in [0.2, 0.25) is 0 Å². The highest BCUT2D eigenvalue weighted by molar-refractivity contribution is 6.05. The third-order valence-electron chi connectivity index (χ3n) is 6.06. The van der Waals surface area contributed by atoms with E-state index in [9.17, 15) is 4.79 Å². The molecule has 0 unspecified atom stereocenters. The number of hydrazone groups is 1. The quantitative estimate of drug-likeness (QED) is 0.443. The van der Waals surface area contributed by atoms with E-state index < -0.39 is 0 Å². The fraction of sp³-hybridized carbons (Fsp3) is 0.179. The molecule has 0 fully saturated rings. The Labute approximate surface area is 198 Å². The molecule has 2 heterocycles. The van der Waals surface area contributed by atoms with E-state index in [1.807, 2.05) is 54.6 Å². The number of carbonyl (C=O) groups excluding carboxylic acids is 1. The van der Waals surface area contributed by atoms with E-state index in [2.05, 4.69) is 40.6 Å². The number of aromatic nitrogens is 1. The molecule has 0 aliphatic carbocycles. The third-order valence-corrected chi connectivity index (χ3v) is 6.06. The van der Waals surface area contributed by atoms with E-state index in [1.165, 1.54) is 5.39 Å². The first-order valence-corrected chi connectivity index (χ1v) is 11.3. The Bertz CT molecular complexity index is 1320. The molecule has 3 aromatic carbocycles. The number of methoxy groups -OCH3 is 1. The van der Waals surface area contributed by atoms with Crippen LogP contribution in [0.1, 0.15) is 29.3 Å². The number of amides is 1. The first kappa shape index (κ1) is 21.8. The maximum absolute atomic E-state index is 13.2. The van der Waals surface area contributed by atoms with E-state index in [1.54, 1.807) is 18.3 Å². The summed E-state index contributed by atoms with van der Waals surface area (Å²) in [5.74, 6) is 0.708.